The monoisotopic (exact) mass is 366 g/mol. The van der Waals surface area contributed by atoms with E-state index in [0.29, 0.717) is 22.6 Å². The van der Waals surface area contributed by atoms with Gasteiger partial charge in [0.2, 0.25) is 14.3 Å². The van der Waals surface area contributed by atoms with Gasteiger partial charge in [0.05, 0.1) is 6.10 Å². The van der Waals surface area contributed by atoms with Crippen molar-refractivity contribution in [3.63, 3.8) is 0 Å². The molecule has 0 spiro atoms. The van der Waals surface area contributed by atoms with Crippen LogP contribution in [-0.2, 0) is 4.43 Å². The first kappa shape index (κ1) is 20.3. The van der Waals surface area contributed by atoms with Crippen molar-refractivity contribution in [3.05, 3.63) is 12.7 Å². The highest BCUT2D eigenvalue weighted by Gasteiger charge is 2.49. The number of nitrogens with zero attached hydrogens (tertiary/aromatic N) is 3. The summed E-state index contributed by atoms with van der Waals surface area (Å²) in [4.78, 5) is 12.2. The average Bonchev–Trinajstić information content (AvgIpc) is 2.93. The van der Waals surface area contributed by atoms with Crippen LogP contribution in [-0.4, -0.2) is 47.1 Å². The molecule has 1 heterocycles. The second-order valence-electron chi connectivity index (χ2n) is 8.19. The van der Waals surface area contributed by atoms with Gasteiger partial charge in [-0.1, -0.05) is 41.5 Å². The maximum absolute atomic E-state index is 9.90. The van der Waals surface area contributed by atoms with E-state index in [1.54, 1.807) is 0 Å². The maximum Gasteiger partial charge on any atom is 0.225 e. The summed E-state index contributed by atoms with van der Waals surface area (Å²) in [6.45, 7) is 14.0. The van der Waals surface area contributed by atoms with E-state index in [0.717, 1.165) is 12.8 Å². The summed E-state index contributed by atoms with van der Waals surface area (Å²) in [6.07, 6.45) is 4.86. The minimum atomic E-state index is -1.95. The molecule has 7 heteroatoms. The second-order valence-corrected chi connectivity index (χ2v) is 13.6. The Morgan fingerprint density at radius 2 is 1.64 bits per heavy atom. The molecule has 0 unspecified atom stereocenters. The van der Waals surface area contributed by atoms with Crippen molar-refractivity contribution < 1.29 is 9.53 Å². The van der Waals surface area contributed by atoms with Gasteiger partial charge in [0.25, 0.3) is 0 Å². The van der Waals surface area contributed by atoms with Crippen LogP contribution in [0.5, 0.6) is 0 Å². The molecule has 0 bridgehead atoms. The van der Waals surface area contributed by atoms with Crippen LogP contribution < -0.4 is 5.32 Å². The van der Waals surface area contributed by atoms with Crippen molar-refractivity contribution in [2.75, 3.05) is 11.9 Å². The Balaban J connectivity index is 2.14. The summed E-state index contributed by atoms with van der Waals surface area (Å²) in [7, 11) is -1.95. The van der Waals surface area contributed by atoms with Crippen LogP contribution in [0.2, 0.25) is 16.6 Å². The molecule has 6 nitrogen and oxygen atoms in total. The smallest absolute Gasteiger partial charge is 0.225 e. The molecule has 1 fully saturated rings. The zero-order valence-electron chi connectivity index (χ0n) is 16.4. The molecular formula is C18H34N4O2Si. The van der Waals surface area contributed by atoms with Crippen molar-refractivity contribution in [3.8, 4) is 0 Å². The summed E-state index contributed by atoms with van der Waals surface area (Å²) >= 11 is 0. The fourth-order valence-corrected chi connectivity index (χ4v) is 10.3. The van der Waals surface area contributed by atoms with E-state index in [2.05, 4.69) is 61.8 Å². The topological polar surface area (TPSA) is 80.2 Å². The Morgan fingerprint density at radius 3 is 2.12 bits per heavy atom. The van der Waals surface area contributed by atoms with Gasteiger partial charge in [0.1, 0.15) is 12.7 Å². The summed E-state index contributed by atoms with van der Waals surface area (Å²) in [5, 5.41) is 13.3. The Bertz CT molecular complexity index is 505. The zero-order valence-corrected chi connectivity index (χ0v) is 17.4. The van der Waals surface area contributed by atoms with Gasteiger partial charge in [-0.05, 0) is 29.5 Å². The standard InChI is InChI=1S/C18H34N4O2Si/c1-12(2)25(13(3)4,14(5)6)24-17-8-16(7-15(17)9-23)22-18-20-10-19-11-21-18/h10-17,23H,7-9H2,1-6H3,(H,19,20,21,22)/t15-,16-,17+/m1/s1. The Kier molecular flexibility index (Phi) is 6.93. The highest BCUT2D eigenvalue weighted by Crippen LogP contribution is 2.45. The molecule has 1 saturated carbocycles. The molecule has 0 saturated heterocycles. The van der Waals surface area contributed by atoms with Crippen LogP contribution in [0.4, 0.5) is 5.95 Å². The van der Waals surface area contributed by atoms with Gasteiger partial charge in [0.15, 0.2) is 0 Å². The molecule has 1 aromatic rings. The van der Waals surface area contributed by atoms with Crippen molar-refractivity contribution in [1.82, 2.24) is 15.0 Å². The summed E-state index contributed by atoms with van der Waals surface area (Å²) in [6, 6.07) is 0.225. The third kappa shape index (κ3) is 4.38. The highest BCUT2D eigenvalue weighted by molar-refractivity contribution is 6.77. The molecule has 142 valence electrons. The SMILES string of the molecule is CC(C)[Si](O[C@H]1C[C@H](Nc2ncncn2)C[C@@H]1CO)(C(C)C)C(C)C. The third-order valence-corrected chi connectivity index (χ3v) is 11.9. The largest absolute Gasteiger partial charge is 0.413 e. The van der Waals surface area contributed by atoms with Crippen LogP contribution in [0.15, 0.2) is 12.7 Å². The van der Waals surface area contributed by atoms with Crippen LogP contribution in [0, 0.1) is 5.92 Å². The second kappa shape index (κ2) is 8.55. The van der Waals surface area contributed by atoms with Crippen molar-refractivity contribution in [2.24, 2.45) is 5.92 Å². The number of nitrogens with one attached hydrogen (secondary N) is 1. The van der Waals surface area contributed by atoms with Gasteiger partial charge in [-0.15, -0.1) is 0 Å². The molecule has 0 amide bonds. The van der Waals surface area contributed by atoms with Gasteiger partial charge in [-0.3, -0.25) is 0 Å². The van der Waals surface area contributed by atoms with E-state index in [4.69, 9.17) is 4.43 Å². The third-order valence-electron chi connectivity index (χ3n) is 5.75. The van der Waals surface area contributed by atoms with Gasteiger partial charge in [-0.25, -0.2) is 15.0 Å². The Hall–Kier alpha value is -1.05. The minimum absolute atomic E-state index is 0.100. The first-order valence-corrected chi connectivity index (χ1v) is 11.6. The molecule has 25 heavy (non-hydrogen) atoms. The van der Waals surface area contributed by atoms with E-state index >= 15 is 0 Å². The lowest BCUT2D eigenvalue weighted by molar-refractivity contribution is 0.0941. The van der Waals surface area contributed by atoms with E-state index in [-0.39, 0.29) is 24.7 Å². The van der Waals surface area contributed by atoms with Crippen LogP contribution >= 0.6 is 0 Å². The molecule has 2 N–H and O–H groups in total. The lowest BCUT2D eigenvalue weighted by Crippen LogP contribution is -2.51. The van der Waals surface area contributed by atoms with E-state index in [9.17, 15) is 5.11 Å². The average molecular weight is 367 g/mol. The molecule has 1 aromatic heterocycles. The number of hydrogen-bond donors (Lipinski definition) is 2. The molecule has 0 aliphatic heterocycles. The van der Waals surface area contributed by atoms with E-state index in [1.807, 2.05) is 0 Å². The van der Waals surface area contributed by atoms with E-state index < -0.39 is 8.32 Å². The normalized spacial score (nSPS) is 24.5. The number of hydrogen-bond acceptors (Lipinski definition) is 6. The fourth-order valence-electron chi connectivity index (χ4n) is 4.71. The number of aliphatic hydroxyl groups is 1. The van der Waals surface area contributed by atoms with Gasteiger partial charge >= 0.3 is 0 Å². The first-order valence-electron chi connectivity index (χ1n) is 9.48. The Labute approximate surface area is 153 Å². The van der Waals surface area contributed by atoms with Crippen LogP contribution in [0.25, 0.3) is 0 Å². The minimum Gasteiger partial charge on any atom is -0.413 e. The lowest BCUT2D eigenvalue weighted by atomic mass is 10.1. The van der Waals surface area contributed by atoms with Gasteiger partial charge < -0.3 is 14.8 Å². The molecule has 0 aromatic carbocycles. The summed E-state index contributed by atoms with van der Waals surface area (Å²) < 4.78 is 6.94. The quantitative estimate of drug-likeness (QED) is 0.684. The first-order chi connectivity index (χ1) is 11.8. The predicted molar refractivity (Wildman–Crippen MR) is 103 cm³/mol. The molecule has 1 aliphatic carbocycles. The van der Waals surface area contributed by atoms with Crippen LogP contribution in [0.1, 0.15) is 54.4 Å². The Morgan fingerprint density at radius 1 is 1.08 bits per heavy atom. The van der Waals surface area contributed by atoms with Crippen LogP contribution in [0.3, 0.4) is 0 Å². The number of aliphatic hydroxyl groups excluding tert-OH is 1. The van der Waals surface area contributed by atoms with Gasteiger partial charge in [-0.2, -0.15) is 0 Å². The maximum atomic E-state index is 9.90. The van der Waals surface area contributed by atoms with Gasteiger partial charge in [0, 0.05) is 18.6 Å². The summed E-state index contributed by atoms with van der Waals surface area (Å²) in [5.74, 6) is 0.764. The van der Waals surface area contributed by atoms with Crippen molar-refractivity contribution in [1.29, 1.82) is 0 Å². The number of anilines is 1. The number of aromatic nitrogens is 3. The van der Waals surface area contributed by atoms with E-state index in [1.165, 1.54) is 12.7 Å². The molecular weight excluding hydrogens is 332 g/mol. The molecule has 2 rings (SSSR count). The molecule has 0 radical (unpaired) electrons. The predicted octanol–water partition coefficient (Wildman–Crippen LogP) is 3.62. The lowest BCUT2D eigenvalue weighted by Gasteiger charge is -2.45. The fraction of sp³-hybridized carbons (Fsp3) is 0.833. The highest BCUT2D eigenvalue weighted by atomic mass is 28.4. The molecule has 3 atom stereocenters. The zero-order chi connectivity index (χ0) is 18.6. The summed E-state index contributed by atoms with van der Waals surface area (Å²) in [5.41, 5.74) is 1.63. The van der Waals surface area contributed by atoms with Crippen molar-refractivity contribution in [2.45, 2.75) is 83.2 Å². The number of rotatable bonds is 8. The molecule has 1 aliphatic rings. The van der Waals surface area contributed by atoms with Crippen molar-refractivity contribution >= 4 is 14.3 Å².